The molecule has 0 bridgehead atoms. The fraction of sp³-hybridized carbons (Fsp3) is 0.308. The topological polar surface area (TPSA) is 42.4 Å². The van der Waals surface area contributed by atoms with Crippen LogP contribution in [0.5, 0.6) is 5.88 Å². The lowest BCUT2D eigenvalue weighted by Gasteiger charge is -2.26. The SMILES string of the molecule is C[C@H]1C[C@H](O)c2cc3ccc(Cl)cc3nc2O1. The van der Waals surface area contributed by atoms with Gasteiger partial charge in [0, 0.05) is 22.4 Å². The standard InChI is InChI=1S/C13H12ClNO2/c1-7-4-12(16)10-5-8-2-3-9(14)6-11(8)15-13(10)17-7/h2-3,5-7,12,16H,4H2,1H3/t7-,12-/m0/s1. The van der Waals surface area contributed by atoms with Gasteiger partial charge in [-0.25, -0.2) is 4.98 Å². The minimum Gasteiger partial charge on any atom is -0.474 e. The van der Waals surface area contributed by atoms with Crippen LogP contribution in [0, 0.1) is 0 Å². The summed E-state index contributed by atoms with van der Waals surface area (Å²) in [4.78, 5) is 4.41. The predicted molar refractivity (Wildman–Crippen MR) is 66.4 cm³/mol. The van der Waals surface area contributed by atoms with Gasteiger partial charge in [-0.05, 0) is 25.1 Å². The molecule has 1 aromatic carbocycles. The van der Waals surface area contributed by atoms with Gasteiger partial charge in [0.05, 0.1) is 11.6 Å². The summed E-state index contributed by atoms with van der Waals surface area (Å²) in [5.41, 5.74) is 1.55. The zero-order valence-electron chi connectivity index (χ0n) is 9.35. The van der Waals surface area contributed by atoms with E-state index in [-0.39, 0.29) is 6.10 Å². The van der Waals surface area contributed by atoms with Crippen LogP contribution >= 0.6 is 11.6 Å². The number of aromatic nitrogens is 1. The average molecular weight is 250 g/mol. The molecular weight excluding hydrogens is 238 g/mol. The van der Waals surface area contributed by atoms with Crippen LogP contribution in [-0.4, -0.2) is 16.2 Å². The summed E-state index contributed by atoms with van der Waals surface area (Å²) >= 11 is 5.93. The van der Waals surface area contributed by atoms with Crippen molar-refractivity contribution in [2.24, 2.45) is 0 Å². The molecule has 3 nitrogen and oxygen atoms in total. The Morgan fingerprint density at radius 2 is 2.24 bits per heavy atom. The van der Waals surface area contributed by atoms with Crippen LogP contribution in [0.2, 0.25) is 5.02 Å². The molecule has 1 aromatic heterocycles. The fourth-order valence-corrected chi connectivity index (χ4v) is 2.32. The Morgan fingerprint density at radius 3 is 3.06 bits per heavy atom. The van der Waals surface area contributed by atoms with Crippen LogP contribution in [0.25, 0.3) is 10.9 Å². The van der Waals surface area contributed by atoms with Crippen LogP contribution in [0.15, 0.2) is 24.3 Å². The summed E-state index contributed by atoms with van der Waals surface area (Å²) < 4.78 is 5.64. The number of aliphatic hydroxyl groups is 1. The summed E-state index contributed by atoms with van der Waals surface area (Å²) in [7, 11) is 0. The van der Waals surface area contributed by atoms with Crippen molar-refractivity contribution in [2.45, 2.75) is 25.6 Å². The van der Waals surface area contributed by atoms with Crippen LogP contribution in [0.1, 0.15) is 25.0 Å². The van der Waals surface area contributed by atoms with Crippen molar-refractivity contribution in [3.63, 3.8) is 0 Å². The maximum Gasteiger partial charge on any atom is 0.220 e. The van der Waals surface area contributed by atoms with E-state index in [9.17, 15) is 5.11 Å². The minimum atomic E-state index is -0.499. The molecule has 1 N–H and O–H groups in total. The highest BCUT2D eigenvalue weighted by atomic mass is 35.5. The number of rotatable bonds is 0. The number of fused-ring (bicyclic) bond motifs is 2. The third kappa shape index (κ3) is 1.85. The molecule has 17 heavy (non-hydrogen) atoms. The van der Waals surface area contributed by atoms with Gasteiger partial charge < -0.3 is 9.84 Å². The van der Waals surface area contributed by atoms with Gasteiger partial charge >= 0.3 is 0 Å². The van der Waals surface area contributed by atoms with E-state index in [1.807, 2.05) is 25.1 Å². The number of pyridine rings is 1. The minimum absolute atomic E-state index is 0.0124. The first-order chi connectivity index (χ1) is 8.13. The maximum absolute atomic E-state index is 10.00. The number of hydrogen-bond acceptors (Lipinski definition) is 3. The summed E-state index contributed by atoms with van der Waals surface area (Å²) in [6.07, 6.45) is 0.0938. The largest absolute Gasteiger partial charge is 0.474 e. The van der Waals surface area contributed by atoms with Crippen molar-refractivity contribution in [1.29, 1.82) is 0 Å². The maximum atomic E-state index is 10.00. The Hall–Kier alpha value is -1.32. The van der Waals surface area contributed by atoms with Gasteiger partial charge in [0.2, 0.25) is 5.88 Å². The highest BCUT2D eigenvalue weighted by Crippen LogP contribution is 2.35. The molecule has 3 rings (SSSR count). The van der Waals surface area contributed by atoms with E-state index < -0.39 is 6.10 Å². The lowest BCUT2D eigenvalue weighted by Crippen LogP contribution is -2.23. The number of nitrogens with zero attached hydrogens (tertiary/aromatic N) is 1. The van der Waals surface area contributed by atoms with Gasteiger partial charge in [-0.1, -0.05) is 17.7 Å². The highest BCUT2D eigenvalue weighted by molar-refractivity contribution is 6.31. The molecule has 0 unspecified atom stereocenters. The summed E-state index contributed by atoms with van der Waals surface area (Å²) in [6, 6.07) is 7.43. The summed E-state index contributed by atoms with van der Waals surface area (Å²) in [5, 5.41) is 11.6. The van der Waals surface area contributed by atoms with E-state index >= 15 is 0 Å². The molecule has 1 aliphatic rings. The van der Waals surface area contributed by atoms with E-state index in [0.29, 0.717) is 17.3 Å². The van der Waals surface area contributed by atoms with Crippen molar-refractivity contribution < 1.29 is 9.84 Å². The normalized spacial score (nSPS) is 23.2. The number of hydrogen-bond donors (Lipinski definition) is 1. The summed E-state index contributed by atoms with van der Waals surface area (Å²) in [6.45, 7) is 1.93. The van der Waals surface area contributed by atoms with Gasteiger partial charge in [0.25, 0.3) is 0 Å². The predicted octanol–water partition coefficient (Wildman–Crippen LogP) is 3.09. The average Bonchev–Trinajstić information content (AvgIpc) is 2.26. The van der Waals surface area contributed by atoms with Crippen molar-refractivity contribution in [1.82, 2.24) is 4.98 Å². The van der Waals surface area contributed by atoms with Crippen LogP contribution in [0.3, 0.4) is 0 Å². The number of aliphatic hydroxyl groups excluding tert-OH is 1. The second-order valence-corrected chi connectivity index (χ2v) is 4.84. The lowest BCUT2D eigenvalue weighted by atomic mass is 10.0. The first-order valence-corrected chi connectivity index (χ1v) is 5.96. The van der Waals surface area contributed by atoms with E-state index in [1.165, 1.54) is 0 Å². The molecule has 0 fully saturated rings. The van der Waals surface area contributed by atoms with Crippen LogP contribution in [0.4, 0.5) is 0 Å². The number of ether oxygens (including phenoxy) is 1. The molecule has 4 heteroatoms. The van der Waals surface area contributed by atoms with Crippen molar-refractivity contribution in [3.8, 4) is 5.88 Å². The molecule has 2 aromatic rings. The summed E-state index contributed by atoms with van der Waals surface area (Å²) in [5.74, 6) is 0.519. The quantitative estimate of drug-likeness (QED) is 0.780. The van der Waals surface area contributed by atoms with E-state index in [4.69, 9.17) is 16.3 Å². The van der Waals surface area contributed by atoms with Crippen molar-refractivity contribution in [2.75, 3.05) is 0 Å². The molecule has 0 spiro atoms. The van der Waals surface area contributed by atoms with E-state index in [0.717, 1.165) is 16.5 Å². The molecule has 0 amide bonds. The Bertz CT molecular complexity index is 585. The Kier molecular flexibility index (Phi) is 2.45. The molecular formula is C13H12ClNO2. The monoisotopic (exact) mass is 249 g/mol. The number of benzene rings is 1. The fourth-order valence-electron chi connectivity index (χ4n) is 2.15. The third-order valence-corrected chi connectivity index (χ3v) is 3.23. The number of halogens is 1. The van der Waals surface area contributed by atoms with Crippen LogP contribution in [-0.2, 0) is 0 Å². The van der Waals surface area contributed by atoms with Gasteiger partial charge in [0.1, 0.15) is 6.10 Å². The van der Waals surface area contributed by atoms with Gasteiger partial charge in [-0.15, -0.1) is 0 Å². The molecule has 2 atom stereocenters. The molecule has 1 aliphatic heterocycles. The smallest absolute Gasteiger partial charge is 0.220 e. The Morgan fingerprint density at radius 1 is 1.41 bits per heavy atom. The van der Waals surface area contributed by atoms with Crippen molar-refractivity contribution in [3.05, 3.63) is 34.9 Å². The van der Waals surface area contributed by atoms with Gasteiger partial charge in [0.15, 0.2) is 0 Å². The zero-order chi connectivity index (χ0) is 12.0. The molecule has 0 radical (unpaired) electrons. The van der Waals surface area contributed by atoms with E-state index in [1.54, 1.807) is 6.07 Å². The molecule has 0 aliphatic carbocycles. The molecule has 0 saturated heterocycles. The van der Waals surface area contributed by atoms with Gasteiger partial charge in [-0.2, -0.15) is 0 Å². The zero-order valence-corrected chi connectivity index (χ0v) is 10.1. The lowest BCUT2D eigenvalue weighted by molar-refractivity contribution is 0.0713. The first-order valence-electron chi connectivity index (χ1n) is 5.58. The molecule has 2 heterocycles. The molecule has 0 saturated carbocycles. The Balaban J connectivity index is 2.22. The Labute approximate surface area is 104 Å². The molecule has 88 valence electrons. The van der Waals surface area contributed by atoms with E-state index in [2.05, 4.69) is 4.98 Å². The second-order valence-electron chi connectivity index (χ2n) is 4.40. The van der Waals surface area contributed by atoms with Crippen LogP contribution < -0.4 is 4.74 Å². The third-order valence-electron chi connectivity index (χ3n) is 3.00. The first kappa shape index (κ1) is 10.8. The highest BCUT2D eigenvalue weighted by Gasteiger charge is 2.25. The van der Waals surface area contributed by atoms with Crippen molar-refractivity contribution >= 4 is 22.5 Å². The van der Waals surface area contributed by atoms with Gasteiger partial charge in [-0.3, -0.25) is 0 Å². The second kappa shape index (κ2) is 3.86.